The Morgan fingerprint density at radius 1 is 1.40 bits per heavy atom. The SMILES string of the molecule is Nc1oc2ccccc2c(=O)c1/C=N/O. The van der Waals surface area contributed by atoms with Gasteiger partial charge in [0.1, 0.15) is 11.1 Å². The minimum atomic E-state index is -0.313. The third-order valence-corrected chi connectivity index (χ3v) is 2.05. The van der Waals surface area contributed by atoms with Gasteiger partial charge in [-0.05, 0) is 12.1 Å². The summed E-state index contributed by atoms with van der Waals surface area (Å²) in [4.78, 5) is 11.8. The summed E-state index contributed by atoms with van der Waals surface area (Å²) < 4.78 is 5.20. The molecule has 0 unspecified atom stereocenters. The molecule has 5 nitrogen and oxygen atoms in total. The average molecular weight is 204 g/mol. The van der Waals surface area contributed by atoms with Crippen molar-refractivity contribution in [2.24, 2.45) is 5.16 Å². The molecule has 0 amide bonds. The number of hydrogen-bond donors (Lipinski definition) is 2. The first-order valence-corrected chi connectivity index (χ1v) is 4.23. The van der Waals surface area contributed by atoms with E-state index >= 15 is 0 Å². The lowest BCUT2D eigenvalue weighted by molar-refractivity contribution is 0.321. The van der Waals surface area contributed by atoms with Gasteiger partial charge >= 0.3 is 0 Å². The number of nitrogen functional groups attached to an aromatic ring is 1. The predicted molar refractivity (Wildman–Crippen MR) is 56.3 cm³/mol. The van der Waals surface area contributed by atoms with Gasteiger partial charge in [0.2, 0.25) is 11.3 Å². The highest BCUT2D eigenvalue weighted by Crippen LogP contribution is 2.15. The van der Waals surface area contributed by atoms with Gasteiger partial charge in [-0.2, -0.15) is 0 Å². The molecule has 2 aromatic rings. The fourth-order valence-corrected chi connectivity index (χ4v) is 1.35. The zero-order valence-electron chi connectivity index (χ0n) is 7.68. The second kappa shape index (κ2) is 3.45. The molecule has 0 saturated heterocycles. The fraction of sp³-hybridized carbons (Fsp3) is 0. The van der Waals surface area contributed by atoms with Crippen LogP contribution in [-0.2, 0) is 0 Å². The number of hydrogen-bond acceptors (Lipinski definition) is 5. The van der Waals surface area contributed by atoms with Crippen molar-refractivity contribution in [1.82, 2.24) is 0 Å². The Morgan fingerprint density at radius 3 is 2.87 bits per heavy atom. The molecule has 0 atom stereocenters. The van der Waals surface area contributed by atoms with Gasteiger partial charge in [0, 0.05) is 0 Å². The molecule has 1 aromatic heterocycles. The molecule has 0 aliphatic heterocycles. The van der Waals surface area contributed by atoms with E-state index in [1.54, 1.807) is 24.3 Å². The predicted octanol–water partition coefficient (Wildman–Crippen LogP) is 1.18. The van der Waals surface area contributed by atoms with Crippen LogP contribution in [0.1, 0.15) is 5.56 Å². The highest BCUT2D eigenvalue weighted by Gasteiger charge is 2.09. The van der Waals surface area contributed by atoms with Crippen molar-refractivity contribution in [3.05, 3.63) is 40.1 Å². The van der Waals surface area contributed by atoms with Gasteiger partial charge in [-0.1, -0.05) is 17.3 Å². The molecule has 0 aliphatic carbocycles. The summed E-state index contributed by atoms with van der Waals surface area (Å²) in [6.07, 6.45) is 0.966. The van der Waals surface area contributed by atoms with Gasteiger partial charge in [0.25, 0.3) is 0 Å². The fourth-order valence-electron chi connectivity index (χ4n) is 1.35. The van der Waals surface area contributed by atoms with Gasteiger partial charge < -0.3 is 15.4 Å². The molecule has 0 aliphatic rings. The molecule has 0 radical (unpaired) electrons. The molecule has 0 fully saturated rings. The van der Waals surface area contributed by atoms with Gasteiger partial charge in [0.15, 0.2) is 0 Å². The van der Waals surface area contributed by atoms with E-state index in [2.05, 4.69) is 5.16 Å². The standard InChI is InChI=1S/C10H8N2O3/c11-10-7(5-12-14)9(13)6-3-1-2-4-8(6)15-10/h1-5,14H,11H2/b12-5+. The lowest BCUT2D eigenvalue weighted by atomic mass is 10.2. The van der Waals surface area contributed by atoms with E-state index in [1.165, 1.54) is 0 Å². The zero-order valence-corrected chi connectivity index (χ0v) is 7.68. The number of benzene rings is 1. The van der Waals surface area contributed by atoms with Crippen molar-refractivity contribution < 1.29 is 9.62 Å². The molecule has 5 heteroatoms. The monoisotopic (exact) mass is 204 g/mol. The number of anilines is 1. The van der Waals surface area contributed by atoms with Crippen LogP contribution >= 0.6 is 0 Å². The molecule has 0 bridgehead atoms. The lowest BCUT2D eigenvalue weighted by Gasteiger charge is -2.00. The molecule has 1 heterocycles. The van der Waals surface area contributed by atoms with E-state index in [0.717, 1.165) is 6.21 Å². The van der Waals surface area contributed by atoms with E-state index in [1.807, 2.05) is 0 Å². The number of para-hydroxylation sites is 1. The van der Waals surface area contributed by atoms with Crippen LogP contribution < -0.4 is 11.2 Å². The molecule has 2 rings (SSSR count). The van der Waals surface area contributed by atoms with E-state index < -0.39 is 0 Å². The summed E-state index contributed by atoms with van der Waals surface area (Å²) in [5, 5.41) is 11.5. The normalized spacial score (nSPS) is 11.2. The maximum atomic E-state index is 11.8. The van der Waals surface area contributed by atoms with Gasteiger partial charge in [-0.3, -0.25) is 4.79 Å². The molecule has 76 valence electrons. The molecule has 3 N–H and O–H groups in total. The van der Waals surface area contributed by atoms with Crippen molar-refractivity contribution in [3.63, 3.8) is 0 Å². The number of oxime groups is 1. The molecule has 0 spiro atoms. The Balaban J connectivity index is 2.90. The maximum Gasteiger partial charge on any atom is 0.203 e. The zero-order chi connectivity index (χ0) is 10.8. The van der Waals surface area contributed by atoms with Crippen LogP contribution in [0.15, 0.2) is 38.6 Å². The smallest absolute Gasteiger partial charge is 0.203 e. The van der Waals surface area contributed by atoms with Crippen molar-refractivity contribution in [3.8, 4) is 0 Å². The summed E-state index contributed by atoms with van der Waals surface area (Å²) in [6.45, 7) is 0. The average Bonchev–Trinajstić information content (AvgIpc) is 2.24. The third kappa shape index (κ3) is 1.43. The lowest BCUT2D eigenvalue weighted by Crippen LogP contribution is -2.11. The van der Waals surface area contributed by atoms with E-state index in [4.69, 9.17) is 15.4 Å². The number of nitrogens with two attached hydrogens (primary N) is 1. The highest BCUT2D eigenvalue weighted by molar-refractivity contribution is 5.90. The molecular weight excluding hydrogens is 196 g/mol. The Bertz CT molecular complexity index is 587. The van der Waals surface area contributed by atoms with Crippen molar-refractivity contribution in [1.29, 1.82) is 0 Å². The molecule has 1 aromatic carbocycles. The van der Waals surface area contributed by atoms with E-state index in [9.17, 15) is 4.79 Å². The van der Waals surface area contributed by atoms with Crippen LogP contribution in [0.4, 0.5) is 5.88 Å². The summed E-state index contributed by atoms with van der Waals surface area (Å²) >= 11 is 0. The number of fused-ring (bicyclic) bond motifs is 1. The molecular formula is C10H8N2O3. The Morgan fingerprint density at radius 2 is 2.13 bits per heavy atom. The van der Waals surface area contributed by atoms with Gasteiger partial charge in [-0.25, -0.2) is 0 Å². The Labute approximate surface area is 84.4 Å². The van der Waals surface area contributed by atoms with Crippen LogP contribution in [0.3, 0.4) is 0 Å². The summed E-state index contributed by atoms with van der Waals surface area (Å²) in [5.74, 6) is -0.0588. The first kappa shape index (κ1) is 9.26. The second-order valence-corrected chi connectivity index (χ2v) is 2.95. The molecule has 15 heavy (non-hydrogen) atoms. The maximum absolute atomic E-state index is 11.8. The largest absolute Gasteiger partial charge is 0.440 e. The quantitative estimate of drug-likeness (QED) is 0.414. The summed E-state index contributed by atoms with van der Waals surface area (Å²) in [7, 11) is 0. The first-order valence-electron chi connectivity index (χ1n) is 4.23. The van der Waals surface area contributed by atoms with Gasteiger partial charge in [0.05, 0.1) is 11.6 Å². The number of rotatable bonds is 1. The van der Waals surface area contributed by atoms with E-state index in [0.29, 0.717) is 11.0 Å². The van der Waals surface area contributed by atoms with Crippen LogP contribution in [-0.4, -0.2) is 11.4 Å². The van der Waals surface area contributed by atoms with Crippen LogP contribution in [0.5, 0.6) is 0 Å². The van der Waals surface area contributed by atoms with Crippen molar-refractivity contribution in [2.75, 3.05) is 5.73 Å². The topological polar surface area (TPSA) is 88.8 Å². The Kier molecular flexibility index (Phi) is 2.13. The third-order valence-electron chi connectivity index (χ3n) is 2.05. The molecule has 0 saturated carbocycles. The minimum Gasteiger partial charge on any atom is -0.440 e. The Hall–Kier alpha value is -2.30. The van der Waals surface area contributed by atoms with Crippen LogP contribution in [0.25, 0.3) is 11.0 Å². The van der Waals surface area contributed by atoms with Crippen LogP contribution in [0.2, 0.25) is 0 Å². The van der Waals surface area contributed by atoms with Gasteiger partial charge in [-0.15, -0.1) is 0 Å². The minimum absolute atomic E-state index is 0.0520. The summed E-state index contributed by atoms with van der Waals surface area (Å²) in [6, 6.07) is 6.72. The van der Waals surface area contributed by atoms with Crippen molar-refractivity contribution >= 4 is 23.1 Å². The number of nitrogens with zero attached hydrogens (tertiary/aromatic N) is 1. The summed E-state index contributed by atoms with van der Waals surface area (Å²) in [5.41, 5.74) is 5.66. The van der Waals surface area contributed by atoms with E-state index in [-0.39, 0.29) is 16.9 Å². The first-order chi connectivity index (χ1) is 7.24. The van der Waals surface area contributed by atoms with Crippen LogP contribution in [0, 0.1) is 0 Å². The van der Waals surface area contributed by atoms with Crippen molar-refractivity contribution in [2.45, 2.75) is 0 Å². The second-order valence-electron chi connectivity index (χ2n) is 2.95. The highest BCUT2D eigenvalue weighted by atomic mass is 16.4.